The summed E-state index contributed by atoms with van der Waals surface area (Å²) in [6.07, 6.45) is 2.59. The first kappa shape index (κ1) is 29.1. The molecule has 0 saturated carbocycles. The van der Waals surface area contributed by atoms with Crippen molar-refractivity contribution in [1.29, 1.82) is 5.41 Å². The van der Waals surface area contributed by atoms with Gasteiger partial charge in [-0.15, -0.1) is 0 Å². The highest BCUT2D eigenvalue weighted by Crippen LogP contribution is 2.32. The van der Waals surface area contributed by atoms with Gasteiger partial charge in [-0.05, 0) is 57.4 Å². The van der Waals surface area contributed by atoms with Crippen LogP contribution in [0.2, 0.25) is 0 Å². The van der Waals surface area contributed by atoms with Gasteiger partial charge in [-0.3, -0.25) is 20.2 Å². The SMILES string of the molecule is C=N/C=C(\C=N/CN)c1ccc(N(C)C(=N)C2=C(NC3CCN(C)CC3)CCN(C(C)=O)C2)cc1C(F)F. The highest BCUT2D eigenvalue weighted by molar-refractivity contribution is 6.11. The van der Waals surface area contributed by atoms with Crippen molar-refractivity contribution in [2.45, 2.75) is 38.7 Å². The lowest BCUT2D eigenvalue weighted by Gasteiger charge is -2.36. The van der Waals surface area contributed by atoms with E-state index in [4.69, 9.17) is 11.1 Å². The van der Waals surface area contributed by atoms with Crippen LogP contribution in [0.4, 0.5) is 14.5 Å². The normalized spacial score (nSPS) is 17.9. The van der Waals surface area contributed by atoms with E-state index in [9.17, 15) is 13.6 Å². The fraction of sp³-hybridized carbons (Fsp3) is 0.481. The van der Waals surface area contributed by atoms with Gasteiger partial charge in [-0.2, -0.15) is 0 Å². The van der Waals surface area contributed by atoms with Crippen LogP contribution in [0.5, 0.6) is 0 Å². The molecule has 0 unspecified atom stereocenters. The number of carbonyl (C=O) groups is 1. The highest BCUT2D eigenvalue weighted by Gasteiger charge is 2.28. The molecule has 9 nitrogen and oxygen atoms in total. The number of nitrogens with one attached hydrogen (secondary N) is 2. The van der Waals surface area contributed by atoms with Crippen molar-refractivity contribution in [3.8, 4) is 0 Å². The topological polar surface area (TPSA) is 113 Å². The summed E-state index contributed by atoms with van der Waals surface area (Å²) in [5, 5.41) is 12.7. The molecule has 0 atom stereocenters. The van der Waals surface area contributed by atoms with E-state index in [1.54, 1.807) is 29.0 Å². The van der Waals surface area contributed by atoms with E-state index in [0.717, 1.165) is 31.6 Å². The van der Waals surface area contributed by atoms with E-state index in [-0.39, 0.29) is 29.5 Å². The number of carbonyl (C=O) groups excluding carboxylic acids is 1. The van der Waals surface area contributed by atoms with Crippen LogP contribution in [0.3, 0.4) is 0 Å². The average molecular weight is 529 g/mol. The molecule has 1 saturated heterocycles. The molecule has 11 heteroatoms. The molecule has 1 amide bonds. The molecule has 0 spiro atoms. The standard InChI is InChI=1S/C27H38F2N8O/c1-18(38)37-12-9-25(34-20-7-10-35(3)11-8-20)24(16-37)27(31)36(4)21-5-6-22(23(13-21)26(28)29)19(14-32-2)15-33-17-30/h5-6,13-15,20,26,31,34H,2,7-12,16-17,30H2,1,3-4H3/b19-14+,31-27?,33-15-. The summed E-state index contributed by atoms with van der Waals surface area (Å²) in [6, 6.07) is 4.91. The Morgan fingerprint density at radius 1 is 1.34 bits per heavy atom. The number of hydrogen-bond donors (Lipinski definition) is 3. The Labute approximate surface area is 223 Å². The monoisotopic (exact) mass is 528 g/mol. The van der Waals surface area contributed by atoms with E-state index in [1.165, 1.54) is 25.4 Å². The van der Waals surface area contributed by atoms with Crippen LogP contribution in [0.1, 0.15) is 43.7 Å². The molecule has 1 fully saturated rings. The summed E-state index contributed by atoms with van der Waals surface area (Å²) >= 11 is 0. The third-order valence-electron chi connectivity index (χ3n) is 7.04. The molecule has 0 radical (unpaired) electrons. The molecule has 3 rings (SSSR count). The maximum atomic E-state index is 14.2. The van der Waals surface area contributed by atoms with Gasteiger partial charge in [0.1, 0.15) is 5.84 Å². The summed E-state index contributed by atoms with van der Waals surface area (Å²) in [5.41, 5.74) is 7.92. The molecule has 38 heavy (non-hydrogen) atoms. The number of rotatable bonds is 9. The number of anilines is 1. The largest absolute Gasteiger partial charge is 0.385 e. The number of amides is 1. The zero-order valence-electron chi connectivity index (χ0n) is 22.4. The molecule has 0 bridgehead atoms. The van der Waals surface area contributed by atoms with E-state index in [0.29, 0.717) is 42.4 Å². The lowest BCUT2D eigenvalue weighted by atomic mass is 9.98. The summed E-state index contributed by atoms with van der Waals surface area (Å²) in [6.45, 7) is 7.80. The minimum Gasteiger partial charge on any atom is -0.385 e. The number of likely N-dealkylation sites (tertiary alicyclic amines) is 1. The van der Waals surface area contributed by atoms with E-state index in [1.807, 2.05) is 0 Å². The van der Waals surface area contributed by atoms with Crippen molar-refractivity contribution in [2.75, 3.05) is 51.8 Å². The summed E-state index contributed by atoms with van der Waals surface area (Å²) in [7, 11) is 3.78. The highest BCUT2D eigenvalue weighted by atomic mass is 19.3. The van der Waals surface area contributed by atoms with Crippen molar-refractivity contribution in [3.05, 3.63) is 46.8 Å². The molecule has 2 aliphatic heterocycles. The molecular formula is C27H38F2N8O. The van der Waals surface area contributed by atoms with Crippen molar-refractivity contribution in [2.24, 2.45) is 15.7 Å². The molecular weight excluding hydrogens is 490 g/mol. The molecule has 0 aromatic heterocycles. The van der Waals surface area contributed by atoms with Crippen LogP contribution in [0.25, 0.3) is 5.57 Å². The number of alkyl halides is 2. The fourth-order valence-corrected chi connectivity index (χ4v) is 4.76. The molecule has 2 aliphatic rings. The van der Waals surface area contributed by atoms with Crippen molar-refractivity contribution >= 4 is 35.9 Å². The van der Waals surface area contributed by atoms with Crippen LogP contribution in [-0.2, 0) is 4.79 Å². The van der Waals surface area contributed by atoms with Gasteiger partial charge in [0.25, 0.3) is 6.43 Å². The smallest absolute Gasteiger partial charge is 0.264 e. The third kappa shape index (κ3) is 7.11. The number of nitrogens with two attached hydrogens (primary N) is 1. The van der Waals surface area contributed by atoms with Crippen molar-refractivity contribution in [1.82, 2.24) is 15.1 Å². The Morgan fingerprint density at radius 3 is 2.66 bits per heavy atom. The van der Waals surface area contributed by atoms with Crippen LogP contribution in [0.15, 0.2) is 45.7 Å². The number of aliphatic imine (C=N–C) groups is 2. The molecule has 2 heterocycles. The number of likely N-dealkylation sites (N-methyl/N-ethyl adjacent to an activating group) is 1. The predicted molar refractivity (Wildman–Crippen MR) is 150 cm³/mol. The van der Waals surface area contributed by atoms with Gasteiger partial charge in [-0.1, -0.05) is 6.07 Å². The maximum Gasteiger partial charge on any atom is 0.264 e. The minimum atomic E-state index is -2.77. The van der Waals surface area contributed by atoms with Gasteiger partial charge in [-0.25, -0.2) is 8.78 Å². The quantitative estimate of drug-likeness (QED) is 0.336. The average Bonchev–Trinajstić information content (AvgIpc) is 2.91. The minimum absolute atomic E-state index is 0.0107. The fourth-order valence-electron chi connectivity index (χ4n) is 4.76. The van der Waals surface area contributed by atoms with Crippen LogP contribution in [-0.4, -0.2) is 87.5 Å². The van der Waals surface area contributed by atoms with Gasteiger partial charge >= 0.3 is 0 Å². The van der Waals surface area contributed by atoms with Gasteiger partial charge < -0.3 is 25.8 Å². The Kier molecular flexibility index (Phi) is 10.3. The first-order valence-electron chi connectivity index (χ1n) is 12.7. The van der Waals surface area contributed by atoms with Gasteiger partial charge in [0.15, 0.2) is 0 Å². The second-order valence-corrected chi connectivity index (χ2v) is 9.61. The van der Waals surface area contributed by atoms with E-state index >= 15 is 0 Å². The number of halogens is 2. The number of benzene rings is 1. The molecule has 4 N–H and O–H groups in total. The second-order valence-electron chi connectivity index (χ2n) is 9.61. The van der Waals surface area contributed by atoms with Gasteiger partial charge in [0, 0.05) is 73.5 Å². The predicted octanol–water partition coefficient (Wildman–Crippen LogP) is 3.26. The zero-order chi connectivity index (χ0) is 27.8. The van der Waals surface area contributed by atoms with Crippen LogP contribution >= 0.6 is 0 Å². The second kappa shape index (κ2) is 13.4. The van der Waals surface area contributed by atoms with E-state index in [2.05, 4.69) is 34.0 Å². The Bertz CT molecular complexity index is 1120. The molecule has 206 valence electrons. The Morgan fingerprint density at radius 2 is 2.05 bits per heavy atom. The van der Waals surface area contributed by atoms with Crippen LogP contribution in [0, 0.1) is 5.41 Å². The summed E-state index contributed by atoms with van der Waals surface area (Å²) in [5.74, 6) is 0.0995. The Balaban J connectivity index is 1.95. The summed E-state index contributed by atoms with van der Waals surface area (Å²) < 4.78 is 28.3. The Hall–Kier alpha value is -3.44. The molecule has 1 aromatic carbocycles. The maximum absolute atomic E-state index is 14.2. The third-order valence-corrected chi connectivity index (χ3v) is 7.04. The van der Waals surface area contributed by atoms with Crippen LogP contribution < -0.4 is 16.0 Å². The van der Waals surface area contributed by atoms with Crippen molar-refractivity contribution < 1.29 is 13.6 Å². The number of allylic oxidation sites excluding steroid dienone is 1. The molecule has 0 aliphatic carbocycles. The first-order chi connectivity index (χ1) is 18.2. The van der Waals surface area contributed by atoms with Gasteiger partial charge in [0.2, 0.25) is 5.91 Å². The number of amidine groups is 1. The lowest BCUT2D eigenvalue weighted by Crippen LogP contribution is -2.46. The van der Waals surface area contributed by atoms with E-state index < -0.39 is 6.43 Å². The number of nitrogens with zero attached hydrogens (tertiary/aromatic N) is 5. The first-order valence-corrected chi connectivity index (χ1v) is 12.7. The zero-order valence-corrected chi connectivity index (χ0v) is 22.4. The van der Waals surface area contributed by atoms with Gasteiger partial charge in [0.05, 0.1) is 13.2 Å². The number of hydrogen-bond acceptors (Lipinski definition) is 7. The lowest BCUT2D eigenvalue weighted by molar-refractivity contribution is -0.128. The van der Waals surface area contributed by atoms with Crippen molar-refractivity contribution in [3.63, 3.8) is 0 Å². The summed E-state index contributed by atoms with van der Waals surface area (Å²) in [4.78, 5) is 25.4. The molecule has 1 aromatic rings. The number of piperidine rings is 1.